The van der Waals surface area contributed by atoms with Gasteiger partial charge in [0.25, 0.3) is 0 Å². The van der Waals surface area contributed by atoms with Gasteiger partial charge in [-0.25, -0.2) is 0 Å². The van der Waals surface area contributed by atoms with Crippen molar-refractivity contribution in [2.75, 3.05) is 19.7 Å². The summed E-state index contributed by atoms with van der Waals surface area (Å²) in [4.78, 5) is 14.8. The number of hydrogen-bond acceptors (Lipinski definition) is 3. The van der Waals surface area contributed by atoms with Crippen LogP contribution < -0.4 is 0 Å². The molecule has 1 aromatic rings. The molecule has 0 bridgehead atoms. The number of morpholine rings is 1. The standard InChI is InChI=1S/C16H23NO2/c1-4-13-6-5-7-14(10-13)16(18)15-11-17(12(2)3)8-9-19-15/h5-7,10,12,15H,4,8-9,11H2,1-3H3. The van der Waals surface area contributed by atoms with Gasteiger partial charge in [0.15, 0.2) is 5.78 Å². The Bertz CT molecular complexity index is 442. The van der Waals surface area contributed by atoms with E-state index in [-0.39, 0.29) is 11.9 Å². The molecule has 2 rings (SSSR count). The number of nitrogens with zero attached hydrogens (tertiary/aromatic N) is 1. The zero-order valence-corrected chi connectivity index (χ0v) is 12.1. The van der Waals surface area contributed by atoms with Crippen LogP contribution in [0.4, 0.5) is 0 Å². The Morgan fingerprint density at radius 2 is 2.26 bits per heavy atom. The summed E-state index contributed by atoms with van der Waals surface area (Å²) in [6.07, 6.45) is 0.633. The van der Waals surface area contributed by atoms with Crippen LogP contribution in [0.15, 0.2) is 24.3 Å². The van der Waals surface area contributed by atoms with E-state index in [0.29, 0.717) is 19.2 Å². The monoisotopic (exact) mass is 261 g/mol. The van der Waals surface area contributed by atoms with Gasteiger partial charge in [0.2, 0.25) is 0 Å². The topological polar surface area (TPSA) is 29.5 Å². The van der Waals surface area contributed by atoms with E-state index in [1.807, 2.05) is 18.2 Å². The molecule has 1 aliphatic rings. The minimum Gasteiger partial charge on any atom is -0.367 e. The number of rotatable bonds is 4. The first-order valence-corrected chi connectivity index (χ1v) is 7.10. The second-order valence-corrected chi connectivity index (χ2v) is 5.37. The fourth-order valence-corrected chi connectivity index (χ4v) is 2.43. The first-order chi connectivity index (χ1) is 9.11. The highest BCUT2D eigenvalue weighted by atomic mass is 16.5. The molecule has 1 atom stereocenters. The van der Waals surface area contributed by atoms with Crippen LogP contribution in [0.2, 0.25) is 0 Å². The maximum Gasteiger partial charge on any atom is 0.192 e. The number of benzene rings is 1. The Hall–Kier alpha value is -1.19. The summed E-state index contributed by atoms with van der Waals surface area (Å²) in [5, 5.41) is 0. The summed E-state index contributed by atoms with van der Waals surface area (Å²) in [7, 11) is 0. The predicted octanol–water partition coefficient (Wildman–Crippen LogP) is 2.54. The number of ether oxygens (including phenoxy) is 1. The van der Waals surface area contributed by atoms with Gasteiger partial charge in [-0.2, -0.15) is 0 Å². The van der Waals surface area contributed by atoms with Crippen LogP contribution in [-0.4, -0.2) is 42.5 Å². The Morgan fingerprint density at radius 1 is 1.47 bits per heavy atom. The lowest BCUT2D eigenvalue weighted by atomic mass is 10.0. The number of ketones is 1. The Kier molecular flexibility index (Phi) is 4.72. The molecule has 0 aliphatic carbocycles. The minimum absolute atomic E-state index is 0.112. The van der Waals surface area contributed by atoms with Gasteiger partial charge in [-0.1, -0.05) is 25.1 Å². The third-order valence-electron chi connectivity index (χ3n) is 3.74. The Balaban J connectivity index is 2.10. The summed E-state index contributed by atoms with van der Waals surface area (Å²) in [5.41, 5.74) is 1.97. The van der Waals surface area contributed by atoms with Crippen molar-refractivity contribution in [2.45, 2.75) is 39.3 Å². The van der Waals surface area contributed by atoms with E-state index in [1.165, 1.54) is 5.56 Å². The molecule has 0 saturated carbocycles. The lowest BCUT2D eigenvalue weighted by Crippen LogP contribution is -2.48. The third-order valence-corrected chi connectivity index (χ3v) is 3.74. The van der Waals surface area contributed by atoms with Crippen LogP contribution in [-0.2, 0) is 11.2 Å². The van der Waals surface area contributed by atoms with E-state index >= 15 is 0 Å². The lowest BCUT2D eigenvalue weighted by Gasteiger charge is -2.34. The van der Waals surface area contributed by atoms with Crippen molar-refractivity contribution in [1.82, 2.24) is 4.90 Å². The van der Waals surface area contributed by atoms with E-state index in [9.17, 15) is 4.79 Å². The molecule has 1 unspecified atom stereocenters. The average molecular weight is 261 g/mol. The molecule has 1 heterocycles. The van der Waals surface area contributed by atoms with Crippen molar-refractivity contribution in [3.05, 3.63) is 35.4 Å². The molecule has 0 amide bonds. The van der Waals surface area contributed by atoms with Crippen molar-refractivity contribution >= 4 is 5.78 Å². The maximum atomic E-state index is 12.5. The maximum absolute atomic E-state index is 12.5. The molecule has 1 fully saturated rings. The number of aryl methyl sites for hydroxylation is 1. The van der Waals surface area contributed by atoms with Crippen molar-refractivity contribution in [3.8, 4) is 0 Å². The minimum atomic E-state index is -0.316. The van der Waals surface area contributed by atoms with Crippen LogP contribution in [0, 0.1) is 0 Å². The quantitative estimate of drug-likeness (QED) is 0.780. The molecule has 104 valence electrons. The van der Waals surface area contributed by atoms with Crippen LogP contribution in [0.1, 0.15) is 36.7 Å². The zero-order chi connectivity index (χ0) is 13.8. The van der Waals surface area contributed by atoms with Crippen molar-refractivity contribution in [2.24, 2.45) is 0 Å². The van der Waals surface area contributed by atoms with E-state index in [4.69, 9.17) is 4.74 Å². The van der Waals surface area contributed by atoms with E-state index in [1.54, 1.807) is 0 Å². The van der Waals surface area contributed by atoms with Crippen LogP contribution in [0.5, 0.6) is 0 Å². The van der Waals surface area contributed by atoms with Gasteiger partial charge >= 0.3 is 0 Å². The van der Waals surface area contributed by atoms with Gasteiger partial charge in [0, 0.05) is 24.7 Å². The third kappa shape index (κ3) is 3.43. The number of hydrogen-bond donors (Lipinski definition) is 0. The fourth-order valence-electron chi connectivity index (χ4n) is 2.43. The zero-order valence-electron chi connectivity index (χ0n) is 12.1. The Labute approximate surface area is 115 Å². The normalized spacial score (nSPS) is 20.7. The molecule has 1 aliphatic heterocycles. The van der Waals surface area contributed by atoms with Crippen molar-refractivity contribution in [1.29, 1.82) is 0 Å². The SMILES string of the molecule is CCc1cccc(C(=O)C2CN(C(C)C)CCO2)c1. The highest BCUT2D eigenvalue weighted by Gasteiger charge is 2.28. The van der Waals surface area contributed by atoms with Crippen molar-refractivity contribution in [3.63, 3.8) is 0 Å². The largest absolute Gasteiger partial charge is 0.367 e. The summed E-state index contributed by atoms with van der Waals surface area (Å²) in [6, 6.07) is 8.34. The fraction of sp³-hybridized carbons (Fsp3) is 0.562. The first-order valence-electron chi connectivity index (χ1n) is 7.10. The molecule has 19 heavy (non-hydrogen) atoms. The number of Topliss-reactive ketones (excluding diaryl/α,β-unsaturated/α-hetero) is 1. The van der Waals surface area contributed by atoms with Gasteiger partial charge < -0.3 is 4.74 Å². The molecular weight excluding hydrogens is 238 g/mol. The molecule has 3 nitrogen and oxygen atoms in total. The van der Waals surface area contributed by atoms with Gasteiger partial charge in [0.05, 0.1) is 6.61 Å². The molecule has 1 saturated heterocycles. The van der Waals surface area contributed by atoms with Gasteiger partial charge in [-0.05, 0) is 31.9 Å². The average Bonchev–Trinajstić information content (AvgIpc) is 2.46. The van der Waals surface area contributed by atoms with Gasteiger partial charge in [-0.3, -0.25) is 9.69 Å². The molecule has 0 aromatic heterocycles. The summed E-state index contributed by atoms with van der Waals surface area (Å²) >= 11 is 0. The van der Waals surface area contributed by atoms with E-state index < -0.39 is 0 Å². The second kappa shape index (κ2) is 6.31. The van der Waals surface area contributed by atoms with Gasteiger partial charge in [0.1, 0.15) is 6.10 Å². The van der Waals surface area contributed by atoms with Gasteiger partial charge in [-0.15, -0.1) is 0 Å². The van der Waals surface area contributed by atoms with Crippen LogP contribution in [0.3, 0.4) is 0 Å². The smallest absolute Gasteiger partial charge is 0.192 e. The summed E-state index contributed by atoms with van der Waals surface area (Å²) in [5.74, 6) is 0.112. The second-order valence-electron chi connectivity index (χ2n) is 5.37. The number of carbonyl (C=O) groups excluding carboxylic acids is 1. The molecule has 0 radical (unpaired) electrons. The summed E-state index contributed by atoms with van der Waals surface area (Å²) in [6.45, 7) is 8.67. The van der Waals surface area contributed by atoms with Crippen LogP contribution >= 0.6 is 0 Å². The van der Waals surface area contributed by atoms with E-state index in [2.05, 4.69) is 31.7 Å². The first kappa shape index (κ1) is 14.2. The van der Waals surface area contributed by atoms with Crippen molar-refractivity contribution < 1.29 is 9.53 Å². The molecular formula is C16H23NO2. The van der Waals surface area contributed by atoms with Crippen LogP contribution in [0.25, 0.3) is 0 Å². The molecule has 0 spiro atoms. The summed E-state index contributed by atoms with van der Waals surface area (Å²) < 4.78 is 5.66. The highest BCUT2D eigenvalue weighted by Crippen LogP contribution is 2.15. The molecule has 1 aromatic carbocycles. The highest BCUT2D eigenvalue weighted by molar-refractivity contribution is 5.99. The Morgan fingerprint density at radius 3 is 2.95 bits per heavy atom. The molecule has 3 heteroatoms. The predicted molar refractivity (Wildman–Crippen MR) is 76.6 cm³/mol. The van der Waals surface area contributed by atoms with E-state index in [0.717, 1.165) is 18.5 Å². The molecule has 0 N–H and O–H groups in total. The number of carbonyl (C=O) groups is 1. The lowest BCUT2D eigenvalue weighted by molar-refractivity contribution is -0.0256.